The standard InChI is InChI=1S/C12H8N2O4.K/c15-11(16)7-1-3-9(13-5-7)10-4-2-8(6-14-10)12(17)18;/h1-6H,(H,15,16)(H,17,18);. The molecule has 2 rings (SSSR count). The summed E-state index contributed by atoms with van der Waals surface area (Å²) in [4.78, 5) is 29.2. The van der Waals surface area contributed by atoms with Crippen molar-refractivity contribution in [3.8, 4) is 11.4 Å². The quantitative estimate of drug-likeness (QED) is 0.820. The summed E-state index contributed by atoms with van der Waals surface area (Å²) < 4.78 is 0. The van der Waals surface area contributed by atoms with Gasteiger partial charge in [-0.1, -0.05) is 0 Å². The van der Waals surface area contributed by atoms with Gasteiger partial charge in [0.25, 0.3) is 0 Å². The normalized spacial score (nSPS) is 9.47. The van der Waals surface area contributed by atoms with Crippen LogP contribution in [-0.4, -0.2) is 83.5 Å². The molecule has 0 amide bonds. The zero-order valence-corrected chi connectivity index (χ0v) is 13.2. The van der Waals surface area contributed by atoms with E-state index < -0.39 is 11.9 Å². The van der Waals surface area contributed by atoms with E-state index in [0.717, 1.165) is 0 Å². The monoisotopic (exact) mass is 283 g/mol. The second-order valence-electron chi connectivity index (χ2n) is 3.47. The molecule has 0 aromatic carbocycles. The van der Waals surface area contributed by atoms with Gasteiger partial charge in [-0.2, -0.15) is 0 Å². The molecule has 19 heavy (non-hydrogen) atoms. The molecule has 2 aromatic heterocycles. The van der Waals surface area contributed by atoms with Crippen LogP contribution in [0.25, 0.3) is 11.4 Å². The third-order valence-corrected chi connectivity index (χ3v) is 2.28. The summed E-state index contributed by atoms with van der Waals surface area (Å²) >= 11 is 0. The Morgan fingerprint density at radius 2 is 1.16 bits per heavy atom. The van der Waals surface area contributed by atoms with Gasteiger partial charge in [0.05, 0.1) is 22.5 Å². The molecule has 0 aliphatic carbocycles. The zero-order valence-electron chi connectivity index (χ0n) is 10.1. The molecule has 91 valence electrons. The number of nitrogens with zero attached hydrogens (tertiary/aromatic N) is 2. The van der Waals surface area contributed by atoms with Gasteiger partial charge < -0.3 is 10.2 Å². The molecule has 6 nitrogen and oxygen atoms in total. The molecule has 0 spiro atoms. The summed E-state index contributed by atoms with van der Waals surface area (Å²) in [6.45, 7) is 0. The van der Waals surface area contributed by atoms with E-state index in [0.29, 0.717) is 11.4 Å². The first kappa shape index (κ1) is 15.9. The predicted octanol–water partition coefficient (Wildman–Crippen LogP) is 1.16. The van der Waals surface area contributed by atoms with E-state index >= 15 is 0 Å². The molecule has 0 unspecified atom stereocenters. The maximum absolute atomic E-state index is 10.6. The Hall–Kier alpha value is -1.12. The number of pyridine rings is 2. The Kier molecular flexibility index (Phi) is 5.76. The largest absolute Gasteiger partial charge is 0.478 e. The van der Waals surface area contributed by atoms with Crippen LogP contribution in [0.1, 0.15) is 20.7 Å². The van der Waals surface area contributed by atoms with Crippen LogP contribution in [0.4, 0.5) is 0 Å². The van der Waals surface area contributed by atoms with Gasteiger partial charge in [-0.3, -0.25) is 9.97 Å². The number of aromatic carboxylic acids is 2. The van der Waals surface area contributed by atoms with Crippen molar-refractivity contribution in [2.75, 3.05) is 0 Å². The zero-order chi connectivity index (χ0) is 13.1. The van der Waals surface area contributed by atoms with E-state index in [2.05, 4.69) is 9.97 Å². The van der Waals surface area contributed by atoms with Gasteiger partial charge in [-0.15, -0.1) is 0 Å². The van der Waals surface area contributed by atoms with Crippen molar-refractivity contribution in [3.05, 3.63) is 47.8 Å². The fraction of sp³-hybridized carbons (Fsp3) is 0. The molecular formula is C12H8KN2O4. The predicted molar refractivity (Wildman–Crippen MR) is 67.1 cm³/mol. The number of carboxylic acids is 2. The molecule has 0 atom stereocenters. The van der Waals surface area contributed by atoms with Crippen molar-refractivity contribution < 1.29 is 19.8 Å². The van der Waals surface area contributed by atoms with Gasteiger partial charge >= 0.3 is 11.9 Å². The molecule has 2 N–H and O–H groups in total. The smallest absolute Gasteiger partial charge is 0.337 e. The Bertz CT molecular complexity index is 541. The molecule has 0 saturated carbocycles. The van der Waals surface area contributed by atoms with E-state index in [1.165, 1.54) is 36.7 Å². The summed E-state index contributed by atoms with van der Waals surface area (Å²) in [6.07, 6.45) is 2.45. The van der Waals surface area contributed by atoms with Crippen molar-refractivity contribution >= 4 is 63.3 Å². The summed E-state index contributed by atoms with van der Waals surface area (Å²) in [5.41, 5.74) is 1.13. The summed E-state index contributed by atoms with van der Waals surface area (Å²) in [5, 5.41) is 17.4. The van der Waals surface area contributed by atoms with E-state index in [1.807, 2.05) is 0 Å². The molecular weight excluding hydrogens is 275 g/mol. The van der Waals surface area contributed by atoms with Crippen molar-refractivity contribution in [2.24, 2.45) is 0 Å². The molecule has 0 saturated heterocycles. The van der Waals surface area contributed by atoms with E-state index in [-0.39, 0.29) is 62.5 Å². The van der Waals surface area contributed by atoms with Gasteiger partial charge in [-0.05, 0) is 24.3 Å². The molecule has 1 radical (unpaired) electrons. The van der Waals surface area contributed by atoms with Crippen LogP contribution < -0.4 is 0 Å². The maximum Gasteiger partial charge on any atom is 0.337 e. The van der Waals surface area contributed by atoms with E-state index in [9.17, 15) is 9.59 Å². The first-order chi connectivity index (χ1) is 8.58. The van der Waals surface area contributed by atoms with Gasteiger partial charge in [0, 0.05) is 63.8 Å². The van der Waals surface area contributed by atoms with Gasteiger partial charge in [0.15, 0.2) is 0 Å². The molecule has 0 aliphatic heterocycles. The second kappa shape index (κ2) is 6.87. The molecule has 7 heteroatoms. The summed E-state index contributed by atoms with van der Waals surface area (Å²) in [7, 11) is 0. The van der Waals surface area contributed by atoms with Gasteiger partial charge in [-0.25, -0.2) is 9.59 Å². The number of carboxylic acid groups (broad SMARTS) is 2. The number of aromatic nitrogens is 2. The first-order valence-corrected chi connectivity index (χ1v) is 4.97. The van der Waals surface area contributed by atoms with Crippen molar-refractivity contribution in [3.63, 3.8) is 0 Å². The molecule has 2 aromatic rings. The molecule has 0 aliphatic rings. The third kappa shape index (κ3) is 3.92. The van der Waals surface area contributed by atoms with Crippen LogP contribution >= 0.6 is 0 Å². The Balaban J connectivity index is 0.00000180. The van der Waals surface area contributed by atoms with Crippen LogP contribution in [0.15, 0.2) is 36.7 Å². The number of carbonyl (C=O) groups is 2. The third-order valence-electron chi connectivity index (χ3n) is 2.28. The fourth-order valence-electron chi connectivity index (χ4n) is 1.34. The summed E-state index contributed by atoms with van der Waals surface area (Å²) in [6, 6.07) is 5.87. The van der Waals surface area contributed by atoms with Crippen LogP contribution in [0.3, 0.4) is 0 Å². The second-order valence-corrected chi connectivity index (χ2v) is 3.47. The van der Waals surface area contributed by atoms with Crippen LogP contribution in [0.2, 0.25) is 0 Å². The van der Waals surface area contributed by atoms with Gasteiger partial charge in [0.2, 0.25) is 0 Å². The average Bonchev–Trinajstić information content (AvgIpc) is 2.39. The average molecular weight is 283 g/mol. The summed E-state index contributed by atoms with van der Waals surface area (Å²) in [5.74, 6) is -2.11. The van der Waals surface area contributed by atoms with Crippen LogP contribution in [0.5, 0.6) is 0 Å². The Labute approximate surface area is 150 Å². The SMILES string of the molecule is O=C(O)c1ccc(-c2ccc(C(=O)O)cn2)nc1.[K]. The van der Waals surface area contributed by atoms with Crippen molar-refractivity contribution in [1.82, 2.24) is 9.97 Å². The van der Waals surface area contributed by atoms with Crippen molar-refractivity contribution in [2.45, 2.75) is 0 Å². The van der Waals surface area contributed by atoms with Crippen LogP contribution in [0, 0.1) is 0 Å². The number of rotatable bonds is 3. The minimum Gasteiger partial charge on any atom is -0.478 e. The molecule has 0 bridgehead atoms. The van der Waals surface area contributed by atoms with Crippen molar-refractivity contribution in [1.29, 1.82) is 0 Å². The minimum absolute atomic E-state index is 0. The van der Waals surface area contributed by atoms with Crippen LogP contribution in [-0.2, 0) is 0 Å². The van der Waals surface area contributed by atoms with E-state index in [4.69, 9.17) is 10.2 Å². The Morgan fingerprint density at radius 3 is 1.37 bits per heavy atom. The maximum atomic E-state index is 10.6. The molecule has 2 heterocycles. The molecule has 0 fully saturated rings. The first-order valence-electron chi connectivity index (χ1n) is 4.97. The fourth-order valence-corrected chi connectivity index (χ4v) is 1.34. The number of hydrogen-bond acceptors (Lipinski definition) is 4. The minimum atomic E-state index is -1.05. The van der Waals surface area contributed by atoms with Gasteiger partial charge in [0.1, 0.15) is 0 Å². The van der Waals surface area contributed by atoms with E-state index in [1.54, 1.807) is 0 Å². The number of hydrogen-bond donors (Lipinski definition) is 2. The topological polar surface area (TPSA) is 100 Å². The Morgan fingerprint density at radius 1 is 0.789 bits per heavy atom.